The zero-order valence-corrected chi connectivity index (χ0v) is 16.9. The number of amides is 2. The minimum absolute atomic E-state index is 0.119. The van der Waals surface area contributed by atoms with Crippen molar-refractivity contribution in [2.45, 2.75) is 12.5 Å². The van der Waals surface area contributed by atoms with E-state index in [1.165, 1.54) is 0 Å². The van der Waals surface area contributed by atoms with E-state index in [9.17, 15) is 9.59 Å². The molecule has 5 nitrogen and oxygen atoms in total. The number of nitriles is 1. The molecule has 3 aromatic carbocycles. The molecule has 0 fully saturated rings. The van der Waals surface area contributed by atoms with Crippen molar-refractivity contribution < 1.29 is 9.59 Å². The normalized spacial score (nSPS) is 11.2. The highest BCUT2D eigenvalue weighted by Crippen LogP contribution is 2.27. The number of nitrogens with one attached hydrogen (secondary N) is 2. The molecule has 150 valence electrons. The van der Waals surface area contributed by atoms with Gasteiger partial charge in [-0.2, -0.15) is 5.26 Å². The van der Waals surface area contributed by atoms with Gasteiger partial charge in [0.05, 0.1) is 6.07 Å². The Labute approximate surface area is 180 Å². The van der Waals surface area contributed by atoms with Gasteiger partial charge in [0.15, 0.2) is 0 Å². The average Bonchev–Trinajstić information content (AvgIpc) is 2.78. The molecule has 3 aromatic rings. The summed E-state index contributed by atoms with van der Waals surface area (Å²) in [6, 6.07) is 25.0. The van der Waals surface area contributed by atoms with E-state index in [0.717, 1.165) is 16.7 Å². The number of hydrogen-bond donors (Lipinski definition) is 2. The predicted octanol–water partition coefficient (Wildman–Crippen LogP) is 3.99. The van der Waals surface area contributed by atoms with Crippen molar-refractivity contribution in [2.24, 2.45) is 0 Å². The molecule has 0 saturated carbocycles. The Balaban J connectivity index is 1.75. The lowest BCUT2D eigenvalue weighted by molar-refractivity contribution is -0.122. The summed E-state index contributed by atoms with van der Waals surface area (Å²) in [5, 5.41) is 14.6. The predicted molar refractivity (Wildman–Crippen MR) is 117 cm³/mol. The zero-order chi connectivity index (χ0) is 21.3. The van der Waals surface area contributed by atoms with Crippen LogP contribution in [0.15, 0.2) is 78.9 Å². The van der Waals surface area contributed by atoms with Crippen molar-refractivity contribution in [3.05, 3.63) is 95.0 Å². The number of carbonyl (C=O) groups excluding carboxylic acids is 2. The van der Waals surface area contributed by atoms with Crippen molar-refractivity contribution in [1.29, 1.82) is 5.26 Å². The van der Waals surface area contributed by atoms with Crippen molar-refractivity contribution in [3.8, 4) is 17.2 Å². The number of nitrogens with zero attached hydrogens (tertiary/aromatic N) is 1. The average molecular weight is 418 g/mol. The van der Waals surface area contributed by atoms with E-state index in [2.05, 4.69) is 10.6 Å². The Morgan fingerprint density at radius 3 is 2.27 bits per heavy atom. The number of rotatable bonds is 7. The Bertz CT molecular complexity index is 1060. The second-order valence-electron chi connectivity index (χ2n) is 6.65. The minimum atomic E-state index is -0.795. The van der Waals surface area contributed by atoms with Gasteiger partial charge in [-0.1, -0.05) is 72.3 Å². The molecule has 0 saturated heterocycles. The highest BCUT2D eigenvalue weighted by atomic mass is 35.5. The molecule has 1 atom stereocenters. The summed E-state index contributed by atoms with van der Waals surface area (Å²) in [5.74, 6) is -0.768. The summed E-state index contributed by atoms with van der Waals surface area (Å²) in [5.41, 5.74) is 3.11. The van der Waals surface area contributed by atoms with Gasteiger partial charge in [0, 0.05) is 22.6 Å². The van der Waals surface area contributed by atoms with Gasteiger partial charge < -0.3 is 10.6 Å². The van der Waals surface area contributed by atoms with E-state index < -0.39 is 11.9 Å². The Morgan fingerprint density at radius 2 is 1.60 bits per heavy atom. The molecule has 0 aliphatic carbocycles. The summed E-state index contributed by atoms with van der Waals surface area (Å²) < 4.78 is 0. The van der Waals surface area contributed by atoms with Crippen LogP contribution < -0.4 is 10.6 Å². The van der Waals surface area contributed by atoms with Crippen LogP contribution in [0.1, 0.15) is 15.9 Å². The SMILES string of the molecule is N#CCNC(=O)[C@H](Cc1ccccc1)NC(=O)c1ccc(-c2ccccc2Cl)cc1. The van der Waals surface area contributed by atoms with Crippen LogP contribution in [0, 0.1) is 11.3 Å². The van der Waals surface area contributed by atoms with E-state index in [1.54, 1.807) is 12.1 Å². The van der Waals surface area contributed by atoms with Crippen LogP contribution in [0.25, 0.3) is 11.1 Å². The van der Waals surface area contributed by atoms with Crippen molar-refractivity contribution in [1.82, 2.24) is 10.6 Å². The second kappa shape index (κ2) is 10.2. The number of halogens is 1. The molecule has 2 amide bonds. The Morgan fingerprint density at radius 1 is 0.933 bits per heavy atom. The first-order valence-electron chi connectivity index (χ1n) is 9.43. The molecule has 3 rings (SSSR count). The summed E-state index contributed by atoms with van der Waals surface area (Å²) in [6.07, 6.45) is 0.321. The van der Waals surface area contributed by atoms with Crippen molar-refractivity contribution >= 4 is 23.4 Å². The first-order chi connectivity index (χ1) is 14.6. The van der Waals surface area contributed by atoms with E-state index in [-0.39, 0.29) is 12.5 Å². The van der Waals surface area contributed by atoms with Gasteiger partial charge in [-0.05, 0) is 29.3 Å². The summed E-state index contributed by atoms with van der Waals surface area (Å²) >= 11 is 6.24. The second-order valence-corrected chi connectivity index (χ2v) is 7.06. The molecular formula is C24H20ClN3O2. The fourth-order valence-electron chi connectivity index (χ4n) is 3.05. The van der Waals surface area contributed by atoms with E-state index >= 15 is 0 Å². The highest BCUT2D eigenvalue weighted by Gasteiger charge is 2.21. The topological polar surface area (TPSA) is 82.0 Å². The van der Waals surface area contributed by atoms with Crippen LogP contribution in [0.4, 0.5) is 0 Å². The van der Waals surface area contributed by atoms with Crippen molar-refractivity contribution in [3.63, 3.8) is 0 Å². The minimum Gasteiger partial charge on any atom is -0.341 e. The quantitative estimate of drug-likeness (QED) is 0.570. The lowest BCUT2D eigenvalue weighted by atomic mass is 10.0. The summed E-state index contributed by atoms with van der Waals surface area (Å²) in [6.45, 7) is -0.119. The third-order valence-electron chi connectivity index (χ3n) is 4.58. The van der Waals surface area contributed by atoms with Crippen LogP contribution >= 0.6 is 11.6 Å². The van der Waals surface area contributed by atoms with Crippen LogP contribution in [-0.4, -0.2) is 24.4 Å². The van der Waals surface area contributed by atoms with E-state index in [1.807, 2.05) is 72.8 Å². The highest BCUT2D eigenvalue weighted by molar-refractivity contribution is 6.33. The first kappa shape index (κ1) is 21.1. The Kier molecular flexibility index (Phi) is 7.20. The maximum absolute atomic E-state index is 12.8. The number of carbonyl (C=O) groups is 2. The third-order valence-corrected chi connectivity index (χ3v) is 4.91. The van der Waals surface area contributed by atoms with Gasteiger partial charge in [0.1, 0.15) is 12.6 Å². The molecule has 6 heteroatoms. The molecule has 0 aliphatic heterocycles. The number of hydrogen-bond acceptors (Lipinski definition) is 3. The maximum atomic E-state index is 12.8. The van der Waals surface area contributed by atoms with Crippen LogP contribution in [0.5, 0.6) is 0 Å². The lowest BCUT2D eigenvalue weighted by Crippen LogP contribution is -2.48. The van der Waals surface area contributed by atoms with Gasteiger partial charge in [0.25, 0.3) is 5.91 Å². The third kappa shape index (κ3) is 5.47. The fourth-order valence-corrected chi connectivity index (χ4v) is 3.29. The molecule has 0 unspecified atom stereocenters. The smallest absolute Gasteiger partial charge is 0.251 e. The maximum Gasteiger partial charge on any atom is 0.251 e. The first-order valence-corrected chi connectivity index (χ1v) is 9.80. The Hall–Kier alpha value is -3.62. The zero-order valence-electron chi connectivity index (χ0n) is 16.1. The molecule has 0 aliphatic rings. The molecule has 0 bridgehead atoms. The molecule has 30 heavy (non-hydrogen) atoms. The molecular weight excluding hydrogens is 398 g/mol. The standard InChI is InChI=1S/C24H20ClN3O2/c25-21-9-5-4-8-20(21)18-10-12-19(13-11-18)23(29)28-22(24(30)27-15-14-26)16-17-6-2-1-3-7-17/h1-13,22H,15-16H2,(H,27,30)(H,28,29)/t22-/m0/s1. The summed E-state index contributed by atoms with van der Waals surface area (Å²) in [7, 11) is 0. The van der Waals surface area contributed by atoms with Gasteiger partial charge in [0.2, 0.25) is 5.91 Å². The van der Waals surface area contributed by atoms with Crippen LogP contribution in [0.2, 0.25) is 5.02 Å². The van der Waals surface area contributed by atoms with Gasteiger partial charge in [-0.3, -0.25) is 9.59 Å². The monoisotopic (exact) mass is 417 g/mol. The summed E-state index contributed by atoms with van der Waals surface area (Å²) in [4.78, 5) is 25.2. The van der Waals surface area contributed by atoms with Gasteiger partial charge in [-0.15, -0.1) is 0 Å². The van der Waals surface area contributed by atoms with Crippen molar-refractivity contribution in [2.75, 3.05) is 6.54 Å². The van der Waals surface area contributed by atoms with Crippen LogP contribution in [-0.2, 0) is 11.2 Å². The van der Waals surface area contributed by atoms with Crippen LogP contribution in [0.3, 0.4) is 0 Å². The largest absolute Gasteiger partial charge is 0.341 e. The van der Waals surface area contributed by atoms with Gasteiger partial charge >= 0.3 is 0 Å². The van der Waals surface area contributed by atoms with E-state index in [0.29, 0.717) is 17.0 Å². The molecule has 0 aromatic heterocycles. The molecule has 0 spiro atoms. The molecule has 2 N–H and O–H groups in total. The fraction of sp³-hybridized carbons (Fsp3) is 0.125. The molecule has 0 heterocycles. The van der Waals surface area contributed by atoms with Gasteiger partial charge in [-0.25, -0.2) is 0 Å². The molecule has 0 radical (unpaired) electrons. The lowest BCUT2D eigenvalue weighted by Gasteiger charge is -2.18. The van der Waals surface area contributed by atoms with E-state index in [4.69, 9.17) is 16.9 Å². The number of benzene rings is 3.